The number of hydrogen-bond acceptors (Lipinski definition) is 6. The number of carbonyl (C=O) groups excluding carboxylic acids is 1. The van der Waals surface area contributed by atoms with Gasteiger partial charge in [0.2, 0.25) is 5.91 Å². The quantitative estimate of drug-likeness (QED) is 0.444. The molecule has 1 fully saturated rings. The first-order valence-corrected chi connectivity index (χ1v) is 11.0. The second-order valence-corrected chi connectivity index (χ2v) is 8.52. The summed E-state index contributed by atoms with van der Waals surface area (Å²) in [6.45, 7) is 5.88. The molecule has 1 amide bonds. The lowest BCUT2D eigenvalue weighted by molar-refractivity contribution is -0.119. The highest BCUT2D eigenvalue weighted by Crippen LogP contribution is 2.33. The molecule has 0 radical (unpaired) electrons. The number of anilines is 1. The molecular weight excluding hydrogens is 438 g/mol. The average Bonchev–Trinajstić information content (AvgIpc) is 2.80. The summed E-state index contributed by atoms with van der Waals surface area (Å²) in [5, 5.41) is 0. The van der Waals surface area contributed by atoms with Crippen molar-refractivity contribution in [2.75, 3.05) is 11.4 Å². The number of piperidine rings is 1. The average molecular weight is 460 g/mol. The molecule has 1 saturated heterocycles. The SMILES string of the molecule is Cc1cc(N2C[C@@H](c3nc(-c4ccc(F)cc4F)c4nc(C)c(C)nc4n3)CCC2=O)ccn1. The van der Waals surface area contributed by atoms with Gasteiger partial charge in [0, 0.05) is 48.1 Å². The van der Waals surface area contributed by atoms with E-state index in [1.54, 1.807) is 17.2 Å². The highest BCUT2D eigenvalue weighted by molar-refractivity contribution is 5.94. The summed E-state index contributed by atoms with van der Waals surface area (Å²) in [4.78, 5) is 37.1. The fraction of sp³-hybridized carbons (Fsp3) is 0.280. The van der Waals surface area contributed by atoms with Gasteiger partial charge < -0.3 is 4.90 Å². The van der Waals surface area contributed by atoms with Crippen molar-refractivity contribution in [2.24, 2.45) is 0 Å². The maximum atomic E-state index is 14.8. The van der Waals surface area contributed by atoms with Gasteiger partial charge in [-0.1, -0.05) is 0 Å². The third kappa shape index (κ3) is 3.98. The number of amides is 1. The number of fused-ring (bicyclic) bond motifs is 1. The molecule has 34 heavy (non-hydrogen) atoms. The number of aromatic nitrogens is 5. The first-order chi connectivity index (χ1) is 16.3. The van der Waals surface area contributed by atoms with Crippen LogP contribution in [0.2, 0.25) is 0 Å². The van der Waals surface area contributed by atoms with E-state index in [4.69, 9.17) is 4.98 Å². The van der Waals surface area contributed by atoms with Crippen molar-refractivity contribution in [1.29, 1.82) is 0 Å². The summed E-state index contributed by atoms with van der Waals surface area (Å²) < 4.78 is 28.4. The fourth-order valence-electron chi connectivity index (χ4n) is 4.19. The molecule has 4 heterocycles. The van der Waals surface area contributed by atoms with Crippen LogP contribution in [0.25, 0.3) is 22.4 Å². The summed E-state index contributed by atoms with van der Waals surface area (Å²) in [7, 11) is 0. The van der Waals surface area contributed by atoms with E-state index in [1.807, 2.05) is 26.8 Å². The van der Waals surface area contributed by atoms with Crippen LogP contribution < -0.4 is 4.90 Å². The molecule has 0 bridgehead atoms. The normalized spacial score (nSPS) is 16.3. The van der Waals surface area contributed by atoms with Crippen molar-refractivity contribution in [1.82, 2.24) is 24.9 Å². The molecule has 0 spiro atoms. The number of benzene rings is 1. The van der Waals surface area contributed by atoms with Gasteiger partial charge in [-0.05, 0) is 51.5 Å². The zero-order chi connectivity index (χ0) is 24.0. The lowest BCUT2D eigenvalue weighted by atomic mass is 9.95. The first kappa shape index (κ1) is 21.9. The van der Waals surface area contributed by atoms with E-state index in [0.29, 0.717) is 47.8 Å². The number of halogens is 2. The van der Waals surface area contributed by atoms with E-state index in [0.717, 1.165) is 17.4 Å². The lowest BCUT2D eigenvalue weighted by Crippen LogP contribution is -2.39. The second kappa shape index (κ2) is 8.48. The number of hydrogen-bond donors (Lipinski definition) is 0. The van der Waals surface area contributed by atoms with Gasteiger partial charge in [0.25, 0.3) is 0 Å². The molecule has 4 aromatic rings. The molecule has 1 aromatic carbocycles. The van der Waals surface area contributed by atoms with Gasteiger partial charge in [0.15, 0.2) is 5.65 Å². The van der Waals surface area contributed by atoms with Crippen molar-refractivity contribution < 1.29 is 13.6 Å². The van der Waals surface area contributed by atoms with Gasteiger partial charge >= 0.3 is 0 Å². The molecule has 1 aliphatic heterocycles. The van der Waals surface area contributed by atoms with E-state index in [-0.39, 0.29) is 23.1 Å². The Bertz CT molecular complexity index is 1440. The van der Waals surface area contributed by atoms with Crippen molar-refractivity contribution in [2.45, 2.75) is 39.5 Å². The van der Waals surface area contributed by atoms with Gasteiger partial charge in [0.05, 0.1) is 11.4 Å². The Kier molecular flexibility index (Phi) is 5.47. The molecule has 7 nitrogen and oxygen atoms in total. The molecule has 5 rings (SSSR count). The summed E-state index contributed by atoms with van der Waals surface area (Å²) in [6, 6.07) is 7.02. The van der Waals surface area contributed by atoms with E-state index < -0.39 is 11.6 Å². The highest BCUT2D eigenvalue weighted by Gasteiger charge is 2.31. The van der Waals surface area contributed by atoms with E-state index in [9.17, 15) is 13.6 Å². The summed E-state index contributed by atoms with van der Waals surface area (Å²) >= 11 is 0. The zero-order valence-corrected chi connectivity index (χ0v) is 19.0. The number of carbonyl (C=O) groups is 1. The largest absolute Gasteiger partial charge is 0.312 e. The fourth-order valence-corrected chi connectivity index (χ4v) is 4.19. The van der Waals surface area contributed by atoms with Gasteiger partial charge in [-0.25, -0.2) is 28.7 Å². The summed E-state index contributed by atoms with van der Waals surface area (Å²) in [5.74, 6) is -1.14. The molecule has 0 aliphatic carbocycles. The minimum atomic E-state index is -0.737. The third-order valence-corrected chi connectivity index (χ3v) is 6.11. The Morgan fingerprint density at radius 1 is 0.971 bits per heavy atom. The van der Waals surface area contributed by atoms with Crippen LogP contribution in [0.4, 0.5) is 14.5 Å². The molecule has 1 atom stereocenters. The summed E-state index contributed by atoms with van der Waals surface area (Å²) in [5.41, 5.74) is 4.03. The smallest absolute Gasteiger partial charge is 0.227 e. The molecule has 0 saturated carbocycles. The third-order valence-electron chi connectivity index (χ3n) is 6.11. The Labute approximate surface area is 194 Å². The summed E-state index contributed by atoms with van der Waals surface area (Å²) in [6.07, 6.45) is 2.55. The van der Waals surface area contributed by atoms with E-state index >= 15 is 0 Å². The van der Waals surface area contributed by atoms with Gasteiger partial charge in [0.1, 0.15) is 28.7 Å². The topological polar surface area (TPSA) is 84.8 Å². The molecule has 172 valence electrons. The monoisotopic (exact) mass is 460 g/mol. The Hall–Kier alpha value is -3.88. The Morgan fingerprint density at radius 3 is 2.53 bits per heavy atom. The van der Waals surface area contributed by atoms with Crippen molar-refractivity contribution >= 4 is 22.8 Å². The zero-order valence-electron chi connectivity index (χ0n) is 19.0. The predicted octanol–water partition coefficient (Wildman–Crippen LogP) is 4.60. The van der Waals surface area contributed by atoms with Crippen LogP contribution in [0.1, 0.15) is 41.7 Å². The van der Waals surface area contributed by atoms with Crippen LogP contribution in [0, 0.1) is 32.4 Å². The number of nitrogens with zero attached hydrogens (tertiary/aromatic N) is 6. The number of aryl methyl sites for hydroxylation is 3. The van der Waals surface area contributed by atoms with Crippen molar-refractivity contribution in [3.05, 3.63) is 71.1 Å². The van der Waals surface area contributed by atoms with Crippen molar-refractivity contribution in [3.63, 3.8) is 0 Å². The standard InChI is InChI=1S/C25H22F2N6O/c1-13-10-18(8-9-28-13)33-12-16(4-7-21(33)34)24-31-22(19-6-5-17(26)11-20(19)27)23-25(32-24)30-15(3)14(2)29-23/h5-6,8-11,16H,4,7,12H2,1-3H3/t16-/m0/s1. The van der Waals surface area contributed by atoms with Crippen LogP contribution in [0.15, 0.2) is 36.5 Å². The first-order valence-electron chi connectivity index (χ1n) is 11.0. The van der Waals surface area contributed by atoms with E-state index in [2.05, 4.69) is 19.9 Å². The van der Waals surface area contributed by atoms with Gasteiger partial charge in [-0.3, -0.25) is 9.78 Å². The minimum absolute atomic E-state index is 0.0127. The van der Waals surface area contributed by atoms with Crippen LogP contribution >= 0.6 is 0 Å². The number of pyridine rings is 1. The highest BCUT2D eigenvalue weighted by atomic mass is 19.1. The molecule has 0 N–H and O–H groups in total. The maximum absolute atomic E-state index is 14.8. The van der Waals surface area contributed by atoms with Crippen LogP contribution in [-0.2, 0) is 4.79 Å². The van der Waals surface area contributed by atoms with E-state index in [1.165, 1.54) is 12.1 Å². The molecule has 0 unspecified atom stereocenters. The molecular formula is C25H22F2N6O. The van der Waals surface area contributed by atoms with Crippen LogP contribution in [-0.4, -0.2) is 37.4 Å². The van der Waals surface area contributed by atoms with Crippen LogP contribution in [0.5, 0.6) is 0 Å². The lowest BCUT2D eigenvalue weighted by Gasteiger charge is -2.32. The molecule has 3 aromatic heterocycles. The predicted molar refractivity (Wildman–Crippen MR) is 123 cm³/mol. The molecule has 1 aliphatic rings. The van der Waals surface area contributed by atoms with Gasteiger partial charge in [-0.2, -0.15) is 0 Å². The van der Waals surface area contributed by atoms with Crippen molar-refractivity contribution in [3.8, 4) is 11.3 Å². The number of rotatable bonds is 3. The van der Waals surface area contributed by atoms with Crippen LogP contribution in [0.3, 0.4) is 0 Å². The minimum Gasteiger partial charge on any atom is -0.312 e. The second-order valence-electron chi connectivity index (χ2n) is 8.52. The molecule has 9 heteroatoms. The van der Waals surface area contributed by atoms with Gasteiger partial charge in [-0.15, -0.1) is 0 Å². The Balaban J connectivity index is 1.63. The maximum Gasteiger partial charge on any atom is 0.227 e. The Morgan fingerprint density at radius 2 is 1.76 bits per heavy atom.